The van der Waals surface area contributed by atoms with Gasteiger partial charge in [0.15, 0.2) is 0 Å². The van der Waals surface area contributed by atoms with Crippen molar-refractivity contribution in [1.82, 2.24) is 0 Å². The summed E-state index contributed by atoms with van der Waals surface area (Å²) in [7, 11) is 0. The molecular formula is C14H22F4. The zero-order valence-electron chi connectivity index (χ0n) is 11.0. The summed E-state index contributed by atoms with van der Waals surface area (Å²) in [6.07, 6.45) is -4.19. The van der Waals surface area contributed by atoms with Crippen LogP contribution in [0.5, 0.6) is 0 Å². The fraction of sp³-hybridized carbons (Fsp3) is 1.00. The van der Waals surface area contributed by atoms with E-state index in [0.717, 1.165) is 0 Å². The SMILES string of the molecule is CC1CCC(C2CCC(C)C(F)C2F)C(F)C1F. The van der Waals surface area contributed by atoms with Crippen molar-refractivity contribution in [3.63, 3.8) is 0 Å². The lowest BCUT2D eigenvalue weighted by atomic mass is 9.67. The number of hydrogen-bond acceptors (Lipinski definition) is 0. The van der Waals surface area contributed by atoms with Gasteiger partial charge in [-0.05, 0) is 49.4 Å². The van der Waals surface area contributed by atoms with Gasteiger partial charge in [0.1, 0.15) is 24.7 Å². The molecule has 8 unspecified atom stereocenters. The van der Waals surface area contributed by atoms with Gasteiger partial charge in [-0.1, -0.05) is 13.8 Å². The maximum absolute atomic E-state index is 14.0. The molecule has 2 fully saturated rings. The molecule has 0 spiro atoms. The van der Waals surface area contributed by atoms with E-state index in [1.165, 1.54) is 0 Å². The zero-order valence-corrected chi connectivity index (χ0v) is 11.0. The Balaban J connectivity index is 2.07. The first-order chi connectivity index (χ1) is 8.43. The van der Waals surface area contributed by atoms with Gasteiger partial charge in [-0.25, -0.2) is 17.6 Å². The van der Waals surface area contributed by atoms with Gasteiger partial charge < -0.3 is 0 Å². The Morgan fingerprint density at radius 3 is 1.22 bits per heavy atom. The second-order valence-corrected chi connectivity index (χ2v) is 6.21. The van der Waals surface area contributed by atoms with Crippen LogP contribution in [0.15, 0.2) is 0 Å². The lowest BCUT2D eigenvalue weighted by Gasteiger charge is -2.42. The molecule has 0 nitrogen and oxygen atoms in total. The number of alkyl halides is 4. The lowest BCUT2D eigenvalue weighted by molar-refractivity contribution is -0.0561. The monoisotopic (exact) mass is 266 g/mol. The second kappa shape index (κ2) is 5.38. The molecule has 0 radical (unpaired) electrons. The van der Waals surface area contributed by atoms with E-state index in [9.17, 15) is 17.6 Å². The van der Waals surface area contributed by atoms with Gasteiger partial charge >= 0.3 is 0 Å². The van der Waals surface area contributed by atoms with Gasteiger partial charge in [-0.15, -0.1) is 0 Å². The smallest absolute Gasteiger partial charge is 0.135 e. The van der Waals surface area contributed by atoms with Crippen molar-refractivity contribution in [3.8, 4) is 0 Å². The van der Waals surface area contributed by atoms with Gasteiger partial charge in [-0.3, -0.25) is 0 Å². The Morgan fingerprint density at radius 2 is 0.889 bits per heavy atom. The molecule has 0 amide bonds. The van der Waals surface area contributed by atoms with Crippen LogP contribution >= 0.6 is 0 Å². The number of hydrogen-bond donors (Lipinski definition) is 0. The third-order valence-corrected chi connectivity index (χ3v) is 4.97. The van der Waals surface area contributed by atoms with Crippen LogP contribution in [-0.4, -0.2) is 24.7 Å². The van der Waals surface area contributed by atoms with Gasteiger partial charge in [-0.2, -0.15) is 0 Å². The van der Waals surface area contributed by atoms with E-state index in [1.54, 1.807) is 13.8 Å². The van der Waals surface area contributed by atoms with Crippen LogP contribution in [-0.2, 0) is 0 Å². The van der Waals surface area contributed by atoms with E-state index in [1.807, 2.05) is 0 Å². The predicted molar refractivity (Wildman–Crippen MR) is 63.4 cm³/mol. The van der Waals surface area contributed by atoms with E-state index >= 15 is 0 Å². The zero-order chi connectivity index (χ0) is 13.4. The molecule has 2 saturated carbocycles. The summed E-state index contributed by atoms with van der Waals surface area (Å²) in [5.74, 6) is -1.90. The Bertz CT molecular complexity index is 255. The highest BCUT2D eigenvalue weighted by molar-refractivity contribution is 4.96. The molecule has 4 heteroatoms. The summed E-state index contributed by atoms with van der Waals surface area (Å²) in [4.78, 5) is 0. The van der Waals surface area contributed by atoms with Crippen LogP contribution < -0.4 is 0 Å². The normalized spacial score (nSPS) is 54.3. The maximum Gasteiger partial charge on any atom is 0.135 e. The van der Waals surface area contributed by atoms with Crippen LogP contribution in [0, 0.1) is 23.7 Å². The first-order valence-corrected chi connectivity index (χ1v) is 6.99. The summed E-state index contributed by atoms with van der Waals surface area (Å²) < 4.78 is 55.4. The Kier molecular flexibility index (Phi) is 4.22. The first-order valence-electron chi connectivity index (χ1n) is 6.99. The average molecular weight is 266 g/mol. The largest absolute Gasteiger partial charge is 0.244 e. The molecule has 2 aliphatic carbocycles. The van der Waals surface area contributed by atoms with Crippen molar-refractivity contribution in [2.24, 2.45) is 23.7 Å². The van der Waals surface area contributed by atoms with E-state index in [0.29, 0.717) is 25.7 Å². The molecule has 2 rings (SSSR count). The molecule has 0 aromatic rings. The second-order valence-electron chi connectivity index (χ2n) is 6.21. The minimum absolute atomic E-state index is 0.307. The highest BCUT2D eigenvalue weighted by Crippen LogP contribution is 2.45. The summed E-state index contributed by atoms with van der Waals surface area (Å²) in [5, 5.41) is 0. The van der Waals surface area contributed by atoms with Gasteiger partial charge in [0.25, 0.3) is 0 Å². The summed E-state index contributed by atoms with van der Waals surface area (Å²) >= 11 is 0. The topological polar surface area (TPSA) is 0 Å². The van der Waals surface area contributed by atoms with Gasteiger partial charge in [0.05, 0.1) is 0 Å². The minimum atomic E-state index is -1.63. The number of halogens is 4. The highest BCUT2D eigenvalue weighted by atomic mass is 19.2. The summed E-state index contributed by atoms with van der Waals surface area (Å²) in [6.45, 7) is 3.36. The van der Waals surface area contributed by atoms with Crippen LogP contribution in [0.25, 0.3) is 0 Å². The fourth-order valence-corrected chi connectivity index (χ4v) is 3.55. The Morgan fingerprint density at radius 1 is 0.556 bits per heavy atom. The molecule has 8 atom stereocenters. The molecule has 0 aromatic carbocycles. The van der Waals surface area contributed by atoms with Crippen LogP contribution in [0.4, 0.5) is 17.6 Å². The van der Waals surface area contributed by atoms with Gasteiger partial charge in [0, 0.05) is 0 Å². The van der Waals surface area contributed by atoms with Crippen molar-refractivity contribution >= 4 is 0 Å². The maximum atomic E-state index is 14.0. The molecule has 0 N–H and O–H groups in total. The first kappa shape index (κ1) is 14.1. The molecule has 0 saturated heterocycles. The van der Waals surface area contributed by atoms with Crippen molar-refractivity contribution in [1.29, 1.82) is 0 Å². The molecule has 106 valence electrons. The quantitative estimate of drug-likeness (QED) is 0.616. The van der Waals surface area contributed by atoms with E-state index < -0.39 is 36.5 Å². The molecule has 18 heavy (non-hydrogen) atoms. The highest BCUT2D eigenvalue weighted by Gasteiger charge is 2.48. The average Bonchev–Trinajstić information content (AvgIpc) is 2.35. The molecule has 0 bridgehead atoms. The minimum Gasteiger partial charge on any atom is -0.244 e. The van der Waals surface area contributed by atoms with E-state index in [-0.39, 0.29) is 11.8 Å². The molecular weight excluding hydrogens is 244 g/mol. The van der Waals surface area contributed by atoms with Crippen LogP contribution in [0.2, 0.25) is 0 Å². The van der Waals surface area contributed by atoms with E-state index in [4.69, 9.17) is 0 Å². The Labute approximate surface area is 106 Å². The molecule has 2 aliphatic rings. The number of rotatable bonds is 1. The van der Waals surface area contributed by atoms with Crippen molar-refractivity contribution in [3.05, 3.63) is 0 Å². The van der Waals surface area contributed by atoms with Crippen molar-refractivity contribution in [2.75, 3.05) is 0 Å². The molecule has 0 aliphatic heterocycles. The van der Waals surface area contributed by atoms with Crippen LogP contribution in [0.3, 0.4) is 0 Å². The summed E-state index contributed by atoms with van der Waals surface area (Å²) in [6, 6.07) is 0. The van der Waals surface area contributed by atoms with Crippen LogP contribution in [0.1, 0.15) is 39.5 Å². The fourth-order valence-electron chi connectivity index (χ4n) is 3.55. The van der Waals surface area contributed by atoms with E-state index in [2.05, 4.69) is 0 Å². The molecule has 0 heterocycles. The third kappa shape index (κ3) is 2.39. The molecule has 0 aromatic heterocycles. The third-order valence-electron chi connectivity index (χ3n) is 4.97. The van der Waals surface area contributed by atoms with Crippen molar-refractivity contribution < 1.29 is 17.6 Å². The lowest BCUT2D eigenvalue weighted by Crippen LogP contribution is -2.47. The Hall–Kier alpha value is -0.280. The van der Waals surface area contributed by atoms with Gasteiger partial charge in [0.2, 0.25) is 0 Å². The standard InChI is InChI=1S/C14H22F4/c1-7-3-5-9(13(17)11(7)15)10-6-4-8(2)12(16)14(10)18/h7-14H,3-6H2,1-2H3. The predicted octanol–water partition coefficient (Wildman–Crippen LogP) is 4.43. The summed E-state index contributed by atoms with van der Waals surface area (Å²) in [5.41, 5.74) is 0. The van der Waals surface area contributed by atoms with Crippen molar-refractivity contribution in [2.45, 2.75) is 64.2 Å².